The molecular weight excluding hydrogens is 263 g/mol. The van der Waals surface area contributed by atoms with E-state index >= 15 is 0 Å². The first-order valence-electron chi connectivity index (χ1n) is 6.07. The molecule has 0 radical (unpaired) electrons. The van der Waals surface area contributed by atoms with E-state index in [1.165, 1.54) is 12.1 Å². The molecule has 1 aromatic heterocycles. The summed E-state index contributed by atoms with van der Waals surface area (Å²) in [7, 11) is 0. The van der Waals surface area contributed by atoms with Crippen molar-refractivity contribution < 1.29 is 13.2 Å². The van der Waals surface area contributed by atoms with Gasteiger partial charge in [-0.15, -0.1) is 0 Å². The van der Waals surface area contributed by atoms with Gasteiger partial charge in [0, 0.05) is 17.1 Å². The second-order valence-electron chi connectivity index (χ2n) is 4.46. The van der Waals surface area contributed by atoms with Crippen LogP contribution < -0.4 is 0 Å². The Labute approximate surface area is 113 Å². The monoisotopic (exact) mass is 273 g/mol. The Hall–Kier alpha value is -2.36. The fourth-order valence-electron chi connectivity index (χ4n) is 2.17. The van der Waals surface area contributed by atoms with E-state index in [0.717, 1.165) is 22.9 Å². The zero-order chi connectivity index (χ0) is 14.2. The Morgan fingerprint density at radius 1 is 0.800 bits per heavy atom. The van der Waals surface area contributed by atoms with Crippen LogP contribution in [0.25, 0.3) is 22.0 Å². The molecule has 3 rings (SSSR count). The van der Waals surface area contributed by atoms with Crippen LogP contribution in [0.5, 0.6) is 0 Å². The van der Waals surface area contributed by atoms with Crippen LogP contribution in [0.1, 0.15) is 5.56 Å². The maximum absolute atomic E-state index is 12.6. The molecule has 1 nitrogen and oxygen atoms in total. The molecule has 0 aliphatic heterocycles. The summed E-state index contributed by atoms with van der Waals surface area (Å²) in [6.45, 7) is 0. The molecule has 0 aliphatic carbocycles. The molecule has 0 bridgehead atoms. The van der Waals surface area contributed by atoms with Crippen LogP contribution in [0, 0.1) is 0 Å². The minimum absolute atomic E-state index is 0.651. The fourth-order valence-corrected chi connectivity index (χ4v) is 2.17. The van der Waals surface area contributed by atoms with Gasteiger partial charge in [0.05, 0.1) is 11.3 Å². The largest absolute Gasteiger partial charge is 0.416 e. The lowest BCUT2D eigenvalue weighted by Gasteiger charge is -2.09. The van der Waals surface area contributed by atoms with Gasteiger partial charge in [-0.1, -0.05) is 36.4 Å². The highest BCUT2D eigenvalue weighted by Gasteiger charge is 2.30. The van der Waals surface area contributed by atoms with Gasteiger partial charge in [-0.05, 0) is 23.6 Å². The fraction of sp³-hybridized carbons (Fsp3) is 0.0625. The molecule has 0 atom stereocenters. The molecule has 0 saturated heterocycles. The van der Waals surface area contributed by atoms with Crippen molar-refractivity contribution in [1.82, 2.24) is 4.98 Å². The first-order chi connectivity index (χ1) is 9.55. The first-order valence-corrected chi connectivity index (χ1v) is 6.07. The van der Waals surface area contributed by atoms with Crippen LogP contribution in [-0.4, -0.2) is 4.98 Å². The van der Waals surface area contributed by atoms with Crippen LogP contribution >= 0.6 is 0 Å². The summed E-state index contributed by atoms with van der Waals surface area (Å²) in [6.07, 6.45) is -2.65. The number of aromatic nitrogens is 1. The summed E-state index contributed by atoms with van der Waals surface area (Å²) in [5.74, 6) is 0. The summed E-state index contributed by atoms with van der Waals surface area (Å²) in [6, 6.07) is 14.6. The Balaban J connectivity index is 2.12. The lowest BCUT2D eigenvalue weighted by molar-refractivity contribution is -0.137. The molecule has 100 valence electrons. The van der Waals surface area contributed by atoms with Gasteiger partial charge in [0.25, 0.3) is 0 Å². The van der Waals surface area contributed by atoms with Gasteiger partial charge in [0.2, 0.25) is 0 Å². The van der Waals surface area contributed by atoms with Crippen molar-refractivity contribution in [3.8, 4) is 11.3 Å². The zero-order valence-corrected chi connectivity index (χ0v) is 10.4. The van der Waals surface area contributed by atoms with Gasteiger partial charge in [-0.2, -0.15) is 13.2 Å². The molecule has 1 heterocycles. The predicted octanol–water partition coefficient (Wildman–Crippen LogP) is 4.92. The number of benzene rings is 2. The van der Waals surface area contributed by atoms with E-state index < -0.39 is 11.7 Å². The molecule has 0 N–H and O–H groups in total. The third-order valence-corrected chi connectivity index (χ3v) is 3.16. The summed E-state index contributed by atoms with van der Waals surface area (Å²) < 4.78 is 37.7. The van der Waals surface area contributed by atoms with E-state index in [1.54, 1.807) is 6.20 Å². The Kier molecular flexibility index (Phi) is 2.93. The lowest BCUT2D eigenvalue weighted by Crippen LogP contribution is -2.04. The molecule has 0 spiro atoms. The van der Waals surface area contributed by atoms with E-state index in [1.807, 2.05) is 30.3 Å². The second-order valence-corrected chi connectivity index (χ2v) is 4.46. The lowest BCUT2D eigenvalue weighted by atomic mass is 10.0. The van der Waals surface area contributed by atoms with Crippen molar-refractivity contribution in [3.63, 3.8) is 0 Å². The maximum atomic E-state index is 12.6. The van der Waals surface area contributed by atoms with E-state index in [2.05, 4.69) is 4.98 Å². The maximum Gasteiger partial charge on any atom is 0.416 e. The van der Waals surface area contributed by atoms with Crippen molar-refractivity contribution in [1.29, 1.82) is 0 Å². The molecule has 0 unspecified atom stereocenters. The average Bonchev–Trinajstić information content (AvgIpc) is 2.46. The van der Waals surface area contributed by atoms with Crippen LogP contribution in [0.15, 0.2) is 60.8 Å². The van der Waals surface area contributed by atoms with Crippen molar-refractivity contribution in [3.05, 3.63) is 66.4 Å². The van der Waals surface area contributed by atoms with Gasteiger partial charge in [-0.3, -0.25) is 4.98 Å². The van der Waals surface area contributed by atoms with Gasteiger partial charge < -0.3 is 0 Å². The van der Waals surface area contributed by atoms with Crippen molar-refractivity contribution in [2.45, 2.75) is 6.18 Å². The van der Waals surface area contributed by atoms with E-state index in [0.29, 0.717) is 11.3 Å². The molecule has 4 heteroatoms. The minimum atomic E-state index is -4.31. The Morgan fingerprint density at radius 3 is 2.20 bits per heavy atom. The van der Waals surface area contributed by atoms with Gasteiger partial charge in [-0.25, -0.2) is 0 Å². The molecule has 3 aromatic rings. The van der Waals surface area contributed by atoms with Crippen LogP contribution in [0.4, 0.5) is 13.2 Å². The number of pyridine rings is 1. The van der Waals surface area contributed by atoms with E-state index in [-0.39, 0.29) is 0 Å². The Morgan fingerprint density at radius 2 is 1.50 bits per heavy atom. The predicted molar refractivity (Wildman–Crippen MR) is 72.2 cm³/mol. The molecule has 0 saturated carbocycles. The summed E-state index contributed by atoms with van der Waals surface area (Å²) in [4.78, 5) is 4.29. The normalized spacial score (nSPS) is 11.8. The zero-order valence-electron chi connectivity index (χ0n) is 10.4. The van der Waals surface area contributed by atoms with Crippen molar-refractivity contribution in [2.75, 3.05) is 0 Å². The number of fused-ring (bicyclic) bond motifs is 1. The molecule has 0 fully saturated rings. The van der Waals surface area contributed by atoms with Crippen LogP contribution in [0.2, 0.25) is 0 Å². The third kappa shape index (κ3) is 2.25. The number of halogens is 3. The molecule has 20 heavy (non-hydrogen) atoms. The summed E-state index contributed by atoms with van der Waals surface area (Å²) >= 11 is 0. The molecule has 0 amide bonds. The number of hydrogen-bond acceptors (Lipinski definition) is 1. The number of hydrogen-bond donors (Lipinski definition) is 0. The van der Waals surface area contributed by atoms with Gasteiger partial charge in [0.1, 0.15) is 0 Å². The number of rotatable bonds is 1. The van der Waals surface area contributed by atoms with Crippen LogP contribution in [-0.2, 0) is 6.18 Å². The van der Waals surface area contributed by atoms with Gasteiger partial charge in [0.15, 0.2) is 0 Å². The smallest absolute Gasteiger partial charge is 0.256 e. The average molecular weight is 273 g/mol. The Bertz CT molecular complexity index is 740. The van der Waals surface area contributed by atoms with Gasteiger partial charge >= 0.3 is 6.18 Å². The first kappa shape index (κ1) is 12.7. The molecule has 0 aliphatic rings. The quantitative estimate of drug-likeness (QED) is 0.613. The van der Waals surface area contributed by atoms with Crippen molar-refractivity contribution >= 4 is 10.8 Å². The number of alkyl halides is 3. The second kappa shape index (κ2) is 4.63. The van der Waals surface area contributed by atoms with Crippen molar-refractivity contribution in [2.24, 2.45) is 0 Å². The summed E-state index contributed by atoms with van der Waals surface area (Å²) in [5.41, 5.74) is 0.716. The highest BCUT2D eigenvalue weighted by atomic mass is 19.4. The van der Waals surface area contributed by atoms with E-state index in [4.69, 9.17) is 0 Å². The van der Waals surface area contributed by atoms with Crippen LogP contribution in [0.3, 0.4) is 0 Å². The SMILES string of the molecule is FC(F)(F)c1ccc(-c2nccc3ccccc23)cc1. The minimum Gasteiger partial charge on any atom is -0.256 e. The number of nitrogens with zero attached hydrogens (tertiary/aromatic N) is 1. The third-order valence-electron chi connectivity index (χ3n) is 3.16. The topological polar surface area (TPSA) is 12.9 Å². The highest BCUT2D eigenvalue weighted by Crippen LogP contribution is 2.32. The molecular formula is C16H10F3N. The van der Waals surface area contributed by atoms with E-state index in [9.17, 15) is 13.2 Å². The highest BCUT2D eigenvalue weighted by molar-refractivity contribution is 5.94. The molecule has 2 aromatic carbocycles. The standard InChI is InChI=1S/C16H10F3N/c17-16(18,19)13-7-5-12(6-8-13)15-14-4-2-1-3-11(14)9-10-20-15/h1-10H. The summed E-state index contributed by atoms with van der Waals surface area (Å²) in [5, 5.41) is 1.94.